The summed E-state index contributed by atoms with van der Waals surface area (Å²) in [6.07, 6.45) is 16.4. The molecular formula is C23H34N4O. The van der Waals surface area contributed by atoms with E-state index in [2.05, 4.69) is 27.4 Å². The number of aromatic nitrogens is 3. The van der Waals surface area contributed by atoms with E-state index in [9.17, 15) is 4.79 Å². The topological polar surface area (TPSA) is 73.6 Å². The van der Waals surface area contributed by atoms with Crippen LogP contribution in [0.15, 0.2) is 36.7 Å². The lowest BCUT2D eigenvalue weighted by molar-refractivity contribution is 0.112. The van der Waals surface area contributed by atoms with Gasteiger partial charge in [0, 0.05) is 22.7 Å². The minimum atomic E-state index is 0.597. The number of benzene rings is 1. The molecule has 1 aliphatic rings. The summed E-state index contributed by atoms with van der Waals surface area (Å²) in [6, 6.07) is 7.84. The Kier molecular flexibility index (Phi) is 10.1. The first-order chi connectivity index (χ1) is 13.8. The molecule has 1 fully saturated rings. The Morgan fingerprint density at radius 3 is 2.07 bits per heavy atom. The van der Waals surface area contributed by atoms with Gasteiger partial charge in [-0.2, -0.15) is 5.10 Å². The maximum Gasteiger partial charge on any atom is 0.166 e. The number of nitrogens with one attached hydrogen (secondary N) is 3. The highest BCUT2D eigenvalue weighted by atomic mass is 16.1. The quantitative estimate of drug-likeness (QED) is 0.507. The van der Waals surface area contributed by atoms with E-state index in [0.717, 1.165) is 34.9 Å². The number of H-pyrrole nitrogens is 2. The van der Waals surface area contributed by atoms with Crippen molar-refractivity contribution in [1.29, 1.82) is 0 Å². The number of nitrogens with zero attached hydrogens (tertiary/aromatic N) is 1. The Morgan fingerprint density at radius 2 is 1.61 bits per heavy atom. The lowest BCUT2D eigenvalue weighted by Crippen LogP contribution is -2.01. The zero-order chi connectivity index (χ0) is 20.0. The Morgan fingerprint density at radius 1 is 1.00 bits per heavy atom. The molecule has 0 unspecified atom stereocenters. The van der Waals surface area contributed by atoms with Crippen LogP contribution in [0.5, 0.6) is 0 Å². The monoisotopic (exact) mass is 382 g/mol. The molecule has 1 saturated carbocycles. The van der Waals surface area contributed by atoms with Gasteiger partial charge in [-0.05, 0) is 31.3 Å². The van der Waals surface area contributed by atoms with Gasteiger partial charge in [-0.15, -0.1) is 0 Å². The van der Waals surface area contributed by atoms with Crippen molar-refractivity contribution in [1.82, 2.24) is 20.5 Å². The molecule has 0 bridgehead atoms. The van der Waals surface area contributed by atoms with Crippen molar-refractivity contribution in [2.24, 2.45) is 0 Å². The Labute approximate surface area is 168 Å². The summed E-state index contributed by atoms with van der Waals surface area (Å²) in [5.41, 5.74) is 3.66. The van der Waals surface area contributed by atoms with Crippen LogP contribution in [0.4, 0.5) is 0 Å². The van der Waals surface area contributed by atoms with E-state index in [0.29, 0.717) is 5.69 Å². The number of aldehydes is 1. The second kappa shape index (κ2) is 12.9. The molecule has 2 heterocycles. The van der Waals surface area contributed by atoms with Crippen molar-refractivity contribution in [2.45, 2.75) is 58.3 Å². The van der Waals surface area contributed by atoms with Crippen LogP contribution in [-0.2, 0) is 0 Å². The van der Waals surface area contributed by atoms with Crippen LogP contribution in [0.2, 0.25) is 0 Å². The van der Waals surface area contributed by atoms with Gasteiger partial charge in [0.2, 0.25) is 0 Å². The smallest absolute Gasteiger partial charge is 0.166 e. The van der Waals surface area contributed by atoms with Gasteiger partial charge < -0.3 is 10.3 Å². The van der Waals surface area contributed by atoms with E-state index in [-0.39, 0.29) is 0 Å². The largest absolute Gasteiger partial charge is 0.352 e. The highest BCUT2D eigenvalue weighted by Gasteiger charge is 2.03. The summed E-state index contributed by atoms with van der Waals surface area (Å²) >= 11 is 0. The Bertz CT molecular complexity index is 766. The van der Waals surface area contributed by atoms with Crippen LogP contribution in [-0.4, -0.2) is 35.1 Å². The molecule has 3 aromatic rings. The molecule has 3 N–H and O–H groups in total. The highest BCUT2D eigenvalue weighted by Crippen LogP contribution is 2.23. The molecule has 152 valence electrons. The maximum absolute atomic E-state index is 10.6. The molecule has 1 aliphatic carbocycles. The predicted octanol–water partition coefficient (Wildman–Crippen LogP) is 5.72. The lowest BCUT2D eigenvalue weighted by Gasteiger charge is -2.05. The first-order valence-corrected chi connectivity index (χ1v) is 10.5. The second-order valence-electron chi connectivity index (χ2n) is 7.17. The lowest BCUT2D eigenvalue weighted by atomic mass is 10.0. The van der Waals surface area contributed by atoms with Crippen molar-refractivity contribution in [2.75, 3.05) is 13.6 Å². The summed E-state index contributed by atoms with van der Waals surface area (Å²) < 4.78 is 0. The Balaban J connectivity index is 0.000000196. The highest BCUT2D eigenvalue weighted by molar-refractivity contribution is 5.90. The molecule has 4 rings (SSSR count). The van der Waals surface area contributed by atoms with Crippen LogP contribution in [0.3, 0.4) is 0 Å². The summed E-state index contributed by atoms with van der Waals surface area (Å²) in [4.78, 5) is 13.7. The normalized spacial score (nSPS) is 14.1. The molecule has 0 spiro atoms. The number of rotatable bonds is 3. The molecule has 28 heavy (non-hydrogen) atoms. The SMILES string of the molecule is C1CCCCCCC1.CCNC.O=Cc1cc2ccc(-c3cn[nH]c3)cc2[nH]1. The van der Waals surface area contributed by atoms with E-state index in [4.69, 9.17) is 0 Å². The molecule has 0 atom stereocenters. The number of hydrogen-bond acceptors (Lipinski definition) is 3. The molecular weight excluding hydrogens is 348 g/mol. The average Bonchev–Trinajstić information content (AvgIpc) is 3.37. The van der Waals surface area contributed by atoms with Crippen molar-refractivity contribution in [3.63, 3.8) is 0 Å². The summed E-state index contributed by atoms with van der Waals surface area (Å²) in [6.45, 7) is 3.14. The fourth-order valence-corrected chi connectivity index (χ4v) is 3.22. The molecule has 0 amide bonds. The van der Waals surface area contributed by atoms with Gasteiger partial charge in [0.1, 0.15) is 0 Å². The molecule has 5 nitrogen and oxygen atoms in total. The van der Waals surface area contributed by atoms with Gasteiger partial charge in [0.25, 0.3) is 0 Å². The summed E-state index contributed by atoms with van der Waals surface area (Å²) in [5.74, 6) is 0. The summed E-state index contributed by atoms with van der Waals surface area (Å²) in [5, 5.41) is 10.7. The second-order valence-corrected chi connectivity index (χ2v) is 7.17. The van der Waals surface area contributed by atoms with E-state index in [1.54, 1.807) is 6.20 Å². The van der Waals surface area contributed by atoms with Crippen molar-refractivity contribution in [3.05, 3.63) is 42.4 Å². The van der Waals surface area contributed by atoms with Gasteiger partial charge in [-0.3, -0.25) is 9.89 Å². The molecule has 0 saturated heterocycles. The van der Waals surface area contributed by atoms with Crippen LogP contribution in [0, 0.1) is 0 Å². The van der Waals surface area contributed by atoms with Gasteiger partial charge >= 0.3 is 0 Å². The molecule has 5 heteroatoms. The molecule has 0 aliphatic heterocycles. The van der Waals surface area contributed by atoms with Crippen LogP contribution in [0.25, 0.3) is 22.0 Å². The minimum absolute atomic E-state index is 0.597. The predicted molar refractivity (Wildman–Crippen MR) is 118 cm³/mol. The number of fused-ring (bicyclic) bond motifs is 1. The number of carbonyl (C=O) groups excluding carboxylic acids is 1. The van der Waals surface area contributed by atoms with Gasteiger partial charge in [-0.1, -0.05) is 70.4 Å². The number of carbonyl (C=O) groups is 1. The van der Waals surface area contributed by atoms with Crippen LogP contribution in [0.1, 0.15) is 68.8 Å². The fraction of sp³-hybridized carbons (Fsp3) is 0.478. The zero-order valence-electron chi connectivity index (χ0n) is 17.3. The van der Waals surface area contributed by atoms with Crippen molar-refractivity contribution in [3.8, 4) is 11.1 Å². The molecule has 2 aromatic heterocycles. The fourth-order valence-electron chi connectivity index (χ4n) is 3.22. The number of hydrogen-bond donors (Lipinski definition) is 3. The minimum Gasteiger partial charge on any atom is -0.352 e. The van der Waals surface area contributed by atoms with E-state index < -0.39 is 0 Å². The van der Waals surface area contributed by atoms with Crippen molar-refractivity contribution >= 4 is 17.2 Å². The zero-order valence-corrected chi connectivity index (χ0v) is 17.3. The van der Waals surface area contributed by atoms with E-state index in [1.807, 2.05) is 37.5 Å². The first-order valence-electron chi connectivity index (χ1n) is 10.5. The standard InChI is InChI=1S/C12H9N3O.C8H16.C3H9N/c16-7-11-3-9-2-1-8(4-12(9)15-11)10-5-13-14-6-10;1-2-4-6-8-7-5-3-1;1-3-4-2/h1-7,15H,(H,13,14);1-8H2;4H,3H2,1-2H3. The first kappa shape index (κ1) is 21.9. The van der Waals surface area contributed by atoms with Gasteiger partial charge in [0.15, 0.2) is 6.29 Å². The van der Waals surface area contributed by atoms with Gasteiger partial charge in [0.05, 0.1) is 11.9 Å². The maximum atomic E-state index is 10.6. The summed E-state index contributed by atoms with van der Waals surface area (Å²) in [7, 11) is 1.93. The van der Waals surface area contributed by atoms with Crippen LogP contribution >= 0.6 is 0 Å². The van der Waals surface area contributed by atoms with Crippen molar-refractivity contribution < 1.29 is 4.79 Å². The molecule has 1 aromatic carbocycles. The van der Waals surface area contributed by atoms with E-state index >= 15 is 0 Å². The third-order valence-corrected chi connectivity index (χ3v) is 4.96. The number of aromatic amines is 2. The third kappa shape index (κ3) is 7.31. The van der Waals surface area contributed by atoms with E-state index in [1.165, 1.54) is 51.4 Å². The average molecular weight is 383 g/mol. The van der Waals surface area contributed by atoms with Gasteiger partial charge in [-0.25, -0.2) is 0 Å². The third-order valence-electron chi connectivity index (χ3n) is 4.96. The van der Waals surface area contributed by atoms with Crippen LogP contribution < -0.4 is 5.32 Å². The Hall–Kier alpha value is -2.40. The molecule has 0 radical (unpaired) electrons.